The average Bonchev–Trinajstić information content (AvgIpc) is 3.48. The van der Waals surface area contributed by atoms with Crippen LogP contribution in [0.25, 0.3) is 11.1 Å². The number of urea groups is 1. The molecule has 0 spiro atoms. The van der Waals surface area contributed by atoms with Crippen LogP contribution in [0.5, 0.6) is 0 Å². The molecule has 172 valence electrons. The molecule has 3 saturated heterocycles. The molecule has 5 rings (SSSR count). The van der Waals surface area contributed by atoms with Crippen molar-refractivity contribution in [3.8, 4) is 11.1 Å². The predicted molar refractivity (Wildman–Crippen MR) is 125 cm³/mol. The van der Waals surface area contributed by atoms with E-state index in [1.807, 2.05) is 23.1 Å². The minimum absolute atomic E-state index is 0.00131. The van der Waals surface area contributed by atoms with Gasteiger partial charge in [0, 0.05) is 19.1 Å². The lowest BCUT2D eigenvalue weighted by atomic mass is 9.84. The van der Waals surface area contributed by atoms with E-state index in [0.29, 0.717) is 19.0 Å². The van der Waals surface area contributed by atoms with Crippen molar-refractivity contribution in [1.82, 2.24) is 20.9 Å². The van der Waals surface area contributed by atoms with Crippen LogP contribution in [0.1, 0.15) is 43.6 Å². The van der Waals surface area contributed by atoms with Crippen LogP contribution in [0.3, 0.4) is 0 Å². The van der Waals surface area contributed by atoms with E-state index in [9.17, 15) is 14.4 Å². The standard InChI is InChI=1S/C26H30N4O3/c31-23(17-26(22-7-4-14-27-22)24(32)28-25(33)29-26)30-15-12-21(13-16-30)20-10-8-19(9-11-20)18-5-2-1-3-6-18/h1-3,5-6,8-11,21-22,27H,4,7,12-17H2,(H2,28,29,32,33). The van der Waals surface area contributed by atoms with Crippen molar-refractivity contribution in [1.29, 1.82) is 0 Å². The summed E-state index contributed by atoms with van der Waals surface area (Å²) in [6.45, 7) is 2.11. The zero-order chi connectivity index (χ0) is 22.8. The van der Waals surface area contributed by atoms with Crippen molar-refractivity contribution < 1.29 is 14.4 Å². The lowest BCUT2D eigenvalue weighted by Gasteiger charge is -2.37. The fraction of sp³-hybridized carbons (Fsp3) is 0.423. The number of hydrogen-bond donors (Lipinski definition) is 3. The molecule has 3 aliphatic heterocycles. The van der Waals surface area contributed by atoms with Crippen molar-refractivity contribution in [3.63, 3.8) is 0 Å². The lowest BCUT2D eigenvalue weighted by molar-refractivity contribution is -0.138. The minimum Gasteiger partial charge on any atom is -0.343 e. The topological polar surface area (TPSA) is 90.5 Å². The summed E-state index contributed by atoms with van der Waals surface area (Å²) in [7, 11) is 0. The maximum Gasteiger partial charge on any atom is 0.322 e. The Morgan fingerprint density at radius 3 is 2.24 bits per heavy atom. The number of amides is 4. The molecule has 0 aliphatic carbocycles. The van der Waals surface area contributed by atoms with Gasteiger partial charge in [-0.15, -0.1) is 0 Å². The lowest BCUT2D eigenvalue weighted by Crippen LogP contribution is -2.62. The molecule has 4 amide bonds. The van der Waals surface area contributed by atoms with E-state index in [4.69, 9.17) is 0 Å². The summed E-state index contributed by atoms with van der Waals surface area (Å²) in [5, 5.41) is 8.41. The molecule has 3 aliphatic rings. The third-order valence-electron chi connectivity index (χ3n) is 7.39. The molecule has 0 radical (unpaired) electrons. The molecule has 2 aromatic rings. The number of carbonyl (C=O) groups is 3. The highest BCUT2D eigenvalue weighted by molar-refractivity contribution is 6.09. The Kier molecular flexibility index (Phi) is 5.89. The minimum atomic E-state index is -1.19. The second-order valence-electron chi connectivity index (χ2n) is 9.35. The molecule has 2 unspecified atom stereocenters. The first kappa shape index (κ1) is 21.6. The van der Waals surface area contributed by atoms with Crippen molar-refractivity contribution in [2.75, 3.05) is 19.6 Å². The number of nitrogens with one attached hydrogen (secondary N) is 3. The summed E-state index contributed by atoms with van der Waals surface area (Å²) < 4.78 is 0. The van der Waals surface area contributed by atoms with Crippen molar-refractivity contribution in [2.24, 2.45) is 0 Å². The van der Waals surface area contributed by atoms with Gasteiger partial charge >= 0.3 is 6.03 Å². The molecule has 2 atom stereocenters. The molecule has 33 heavy (non-hydrogen) atoms. The third-order valence-corrected chi connectivity index (χ3v) is 7.39. The van der Waals surface area contributed by atoms with Crippen LogP contribution in [0.15, 0.2) is 54.6 Å². The fourth-order valence-electron chi connectivity index (χ4n) is 5.49. The molecule has 0 bridgehead atoms. The second-order valence-corrected chi connectivity index (χ2v) is 9.35. The summed E-state index contributed by atoms with van der Waals surface area (Å²) in [6.07, 6.45) is 3.48. The zero-order valence-corrected chi connectivity index (χ0v) is 18.7. The number of carbonyl (C=O) groups excluding carboxylic acids is 3. The van der Waals surface area contributed by atoms with Gasteiger partial charge in [0.05, 0.1) is 6.42 Å². The highest BCUT2D eigenvalue weighted by Gasteiger charge is 2.54. The summed E-state index contributed by atoms with van der Waals surface area (Å²) in [4.78, 5) is 39.6. The van der Waals surface area contributed by atoms with Gasteiger partial charge in [-0.05, 0) is 54.8 Å². The Morgan fingerprint density at radius 1 is 0.939 bits per heavy atom. The van der Waals surface area contributed by atoms with Crippen molar-refractivity contribution >= 4 is 17.8 Å². The normalized spacial score (nSPS) is 25.7. The molecule has 3 heterocycles. The van der Waals surface area contributed by atoms with Crippen LogP contribution >= 0.6 is 0 Å². The van der Waals surface area contributed by atoms with E-state index in [-0.39, 0.29) is 18.4 Å². The predicted octanol–water partition coefficient (Wildman–Crippen LogP) is 2.78. The summed E-state index contributed by atoms with van der Waals surface area (Å²) in [5.41, 5.74) is 2.53. The van der Waals surface area contributed by atoms with E-state index < -0.39 is 17.5 Å². The SMILES string of the molecule is O=C1NC(=O)C(CC(=O)N2CCC(c3ccc(-c4ccccc4)cc3)CC2)(C2CCCN2)N1. The zero-order valence-electron chi connectivity index (χ0n) is 18.7. The van der Waals surface area contributed by atoms with Gasteiger partial charge in [0.2, 0.25) is 5.91 Å². The van der Waals surface area contributed by atoms with Crippen molar-refractivity contribution in [2.45, 2.75) is 49.6 Å². The smallest absolute Gasteiger partial charge is 0.322 e. The molecule has 3 N–H and O–H groups in total. The highest BCUT2D eigenvalue weighted by atomic mass is 16.2. The summed E-state index contributed by atoms with van der Waals surface area (Å²) >= 11 is 0. The van der Waals surface area contributed by atoms with Gasteiger partial charge in [-0.3, -0.25) is 14.9 Å². The van der Waals surface area contributed by atoms with Crippen LogP contribution < -0.4 is 16.0 Å². The monoisotopic (exact) mass is 446 g/mol. The molecule has 2 aromatic carbocycles. The van der Waals surface area contributed by atoms with Gasteiger partial charge in [0.15, 0.2) is 0 Å². The Hall–Kier alpha value is -3.19. The second kappa shape index (κ2) is 8.98. The van der Waals surface area contributed by atoms with Crippen molar-refractivity contribution in [3.05, 3.63) is 60.2 Å². The van der Waals surface area contributed by atoms with Crippen LogP contribution in [0.4, 0.5) is 4.79 Å². The van der Waals surface area contributed by atoms with Crippen LogP contribution in [-0.4, -0.2) is 54.0 Å². The Bertz CT molecular complexity index is 1030. The van der Waals surface area contributed by atoms with Crippen LogP contribution in [0, 0.1) is 0 Å². The molecule has 0 saturated carbocycles. The van der Waals surface area contributed by atoms with E-state index >= 15 is 0 Å². The number of nitrogens with zero attached hydrogens (tertiary/aromatic N) is 1. The van der Waals surface area contributed by atoms with Crippen LogP contribution in [0.2, 0.25) is 0 Å². The molecule has 7 nitrogen and oxygen atoms in total. The van der Waals surface area contributed by atoms with Gasteiger partial charge in [0.25, 0.3) is 5.91 Å². The summed E-state index contributed by atoms with van der Waals surface area (Å²) in [6, 6.07) is 18.3. The number of hydrogen-bond acceptors (Lipinski definition) is 4. The Labute approximate surface area is 193 Å². The van der Waals surface area contributed by atoms with Crippen LogP contribution in [-0.2, 0) is 9.59 Å². The molecular weight excluding hydrogens is 416 g/mol. The highest BCUT2D eigenvalue weighted by Crippen LogP contribution is 2.32. The first-order chi connectivity index (χ1) is 16.0. The van der Waals surface area contributed by atoms with E-state index in [2.05, 4.69) is 52.3 Å². The fourth-order valence-corrected chi connectivity index (χ4v) is 5.49. The van der Waals surface area contributed by atoms with Gasteiger partial charge in [-0.2, -0.15) is 0 Å². The maximum absolute atomic E-state index is 13.2. The van der Waals surface area contributed by atoms with E-state index in [1.54, 1.807) is 0 Å². The molecule has 3 fully saturated rings. The first-order valence-corrected chi connectivity index (χ1v) is 11.9. The average molecular weight is 447 g/mol. The largest absolute Gasteiger partial charge is 0.343 e. The third kappa shape index (κ3) is 4.25. The molecule has 7 heteroatoms. The van der Waals surface area contributed by atoms with E-state index in [1.165, 1.54) is 16.7 Å². The van der Waals surface area contributed by atoms with Gasteiger partial charge in [-0.25, -0.2) is 4.79 Å². The Balaban J connectivity index is 1.21. The number of imide groups is 1. The number of likely N-dealkylation sites (tertiary alicyclic amines) is 1. The molecular formula is C26H30N4O3. The van der Waals surface area contributed by atoms with Gasteiger partial charge in [-0.1, -0.05) is 54.6 Å². The number of piperidine rings is 1. The Morgan fingerprint density at radius 2 is 1.64 bits per heavy atom. The maximum atomic E-state index is 13.2. The summed E-state index contributed by atoms with van der Waals surface area (Å²) in [5.74, 6) is -0.0496. The quantitative estimate of drug-likeness (QED) is 0.616. The number of rotatable bonds is 5. The first-order valence-electron chi connectivity index (χ1n) is 11.9. The van der Waals surface area contributed by atoms with Gasteiger partial charge < -0.3 is 15.5 Å². The van der Waals surface area contributed by atoms with Gasteiger partial charge in [0.1, 0.15) is 5.54 Å². The number of benzene rings is 2. The molecule has 0 aromatic heterocycles. The van der Waals surface area contributed by atoms with E-state index in [0.717, 1.165) is 32.2 Å².